The zero-order chi connectivity index (χ0) is 7.40. The summed E-state index contributed by atoms with van der Waals surface area (Å²) < 4.78 is 0. The Morgan fingerprint density at radius 2 is 2.20 bits per heavy atom. The van der Waals surface area contributed by atoms with Gasteiger partial charge in [0.25, 0.3) is 0 Å². The van der Waals surface area contributed by atoms with Crippen molar-refractivity contribution in [3.63, 3.8) is 0 Å². The third kappa shape index (κ3) is 2.30. The van der Waals surface area contributed by atoms with E-state index in [1.165, 1.54) is 38.5 Å². The Kier molecular flexibility index (Phi) is 3.20. The number of nitrogens with two attached hydrogens (primary N) is 1. The summed E-state index contributed by atoms with van der Waals surface area (Å²) >= 11 is 0. The highest BCUT2D eigenvalue weighted by Crippen LogP contribution is 2.26. The predicted molar refractivity (Wildman–Crippen MR) is 44.8 cm³/mol. The lowest BCUT2D eigenvalue weighted by atomic mass is 9.84. The minimum atomic E-state index is 0.519. The van der Waals surface area contributed by atoms with Crippen LogP contribution < -0.4 is 5.73 Å². The maximum absolute atomic E-state index is 5.86. The Bertz CT molecular complexity index is 88.7. The van der Waals surface area contributed by atoms with Crippen LogP contribution in [0.2, 0.25) is 0 Å². The van der Waals surface area contributed by atoms with E-state index in [-0.39, 0.29) is 0 Å². The lowest BCUT2D eigenvalue weighted by Crippen LogP contribution is -2.27. The van der Waals surface area contributed by atoms with E-state index >= 15 is 0 Å². The molecule has 1 aliphatic rings. The largest absolute Gasteiger partial charge is 0.328 e. The molecule has 60 valence electrons. The van der Waals surface area contributed by atoms with E-state index in [4.69, 9.17) is 5.73 Å². The fourth-order valence-electron chi connectivity index (χ4n) is 2.00. The smallest absolute Gasteiger partial charge is 0.00414 e. The van der Waals surface area contributed by atoms with Crippen molar-refractivity contribution in [2.45, 2.75) is 51.5 Å². The molecule has 1 saturated carbocycles. The van der Waals surface area contributed by atoms with Crippen LogP contribution in [0.4, 0.5) is 0 Å². The number of rotatable bonds is 2. The molecule has 2 atom stereocenters. The van der Waals surface area contributed by atoms with Crippen molar-refractivity contribution in [1.82, 2.24) is 0 Å². The van der Waals surface area contributed by atoms with E-state index in [1.54, 1.807) is 0 Å². The zero-order valence-corrected chi connectivity index (χ0v) is 6.97. The Labute approximate surface area is 64.0 Å². The minimum Gasteiger partial charge on any atom is -0.328 e. The van der Waals surface area contributed by atoms with Crippen LogP contribution in [0.3, 0.4) is 0 Å². The average molecular weight is 141 g/mol. The molecule has 1 heteroatoms. The van der Waals surface area contributed by atoms with Crippen molar-refractivity contribution in [2.24, 2.45) is 11.7 Å². The highest BCUT2D eigenvalue weighted by Gasteiger charge is 2.17. The quantitative estimate of drug-likeness (QED) is 0.627. The zero-order valence-electron chi connectivity index (χ0n) is 6.97. The molecule has 1 fully saturated rings. The molecule has 1 rings (SSSR count). The van der Waals surface area contributed by atoms with Gasteiger partial charge in [0.05, 0.1) is 0 Å². The van der Waals surface area contributed by atoms with E-state index in [0.29, 0.717) is 6.04 Å². The van der Waals surface area contributed by atoms with Gasteiger partial charge in [0.1, 0.15) is 0 Å². The second-order valence-electron chi connectivity index (χ2n) is 3.58. The summed E-state index contributed by atoms with van der Waals surface area (Å²) in [5.74, 6) is 0.953. The van der Waals surface area contributed by atoms with Crippen LogP contribution >= 0.6 is 0 Å². The van der Waals surface area contributed by atoms with Gasteiger partial charge in [-0.1, -0.05) is 32.6 Å². The van der Waals surface area contributed by atoms with Crippen LogP contribution in [0, 0.1) is 5.92 Å². The van der Waals surface area contributed by atoms with Crippen molar-refractivity contribution >= 4 is 0 Å². The molecule has 0 radical (unpaired) electrons. The van der Waals surface area contributed by atoms with Gasteiger partial charge >= 0.3 is 0 Å². The number of hydrogen-bond donors (Lipinski definition) is 1. The molecule has 0 aliphatic heterocycles. The fourth-order valence-corrected chi connectivity index (χ4v) is 2.00. The van der Waals surface area contributed by atoms with Crippen molar-refractivity contribution in [2.75, 3.05) is 0 Å². The molecule has 0 saturated heterocycles. The summed E-state index contributed by atoms with van der Waals surface area (Å²) in [6, 6.07) is 0.519. The normalized spacial score (nSPS) is 34.2. The molecule has 1 aliphatic carbocycles. The van der Waals surface area contributed by atoms with Gasteiger partial charge in [-0.15, -0.1) is 0 Å². The van der Waals surface area contributed by atoms with Gasteiger partial charge in [-0.25, -0.2) is 0 Å². The van der Waals surface area contributed by atoms with Crippen LogP contribution in [0.1, 0.15) is 45.4 Å². The Morgan fingerprint density at radius 3 is 2.80 bits per heavy atom. The summed E-state index contributed by atoms with van der Waals surface area (Å²) in [7, 11) is 0. The second-order valence-corrected chi connectivity index (χ2v) is 3.58. The molecule has 0 bridgehead atoms. The maximum atomic E-state index is 5.86. The predicted octanol–water partition coefficient (Wildman–Crippen LogP) is 2.30. The molecule has 2 N–H and O–H groups in total. The summed E-state index contributed by atoms with van der Waals surface area (Å²) in [6.45, 7) is 2.26. The molecule has 0 unspecified atom stereocenters. The molecule has 0 aromatic heterocycles. The Hall–Kier alpha value is -0.0400. The lowest BCUT2D eigenvalue weighted by Gasteiger charge is -2.25. The highest BCUT2D eigenvalue weighted by atomic mass is 14.6. The van der Waals surface area contributed by atoms with Crippen LogP contribution in [-0.2, 0) is 0 Å². The highest BCUT2D eigenvalue weighted by molar-refractivity contribution is 4.74. The summed E-state index contributed by atoms with van der Waals surface area (Å²) in [5.41, 5.74) is 5.86. The first kappa shape index (κ1) is 8.06. The van der Waals surface area contributed by atoms with E-state index in [2.05, 4.69) is 6.92 Å². The van der Waals surface area contributed by atoms with Gasteiger partial charge in [0, 0.05) is 6.04 Å². The third-order valence-corrected chi connectivity index (χ3v) is 2.52. The van der Waals surface area contributed by atoms with Gasteiger partial charge in [-0.2, -0.15) is 0 Å². The van der Waals surface area contributed by atoms with Crippen molar-refractivity contribution in [3.8, 4) is 0 Å². The van der Waals surface area contributed by atoms with Gasteiger partial charge in [0.15, 0.2) is 0 Å². The molecule has 0 aromatic carbocycles. The maximum Gasteiger partial charge on any atom is 0.00414 e. The van der Waals surface area contributed by atoms with E-state index < -0.39 is 0 Å². The van der Waals surface area contributed by atoms with E-state index in [1.807, 2.05) is 0 Å². The second kappa shape index (κ2) is 3.97. The van der Waals surface area contributed by atoms with Gasteiger partial charge in [0.2, 0.25) is 0 Å². The summed E-state index contributed by atoms with van der Waals surface area (Å²) in [4.78, 5) is 0. The lowest BCUT2D eigenvalue weighted by molar-refractivity contribution is 0.305. The molecule has 1 nitrogen and oxygen atoms in total. The fraction of sp³-hybridized carbons (Fsp3) is 1.00. The molecule has 0 amide bonds. The van der Waals surface area contributed by atoms with Crippen LogP contribution in [-0.4, -0.2) is 6.04 Å². The topological polar surface area (TPSA) is 26.0 Å². The standard InChI is InChI=1S/C9H19N/c1-2-4-8-5-3-6-9(10)7-8/h8-9H,2-7,10H2,1H3/t8-,9-/m1/s1. The average Bonchev–Trinajstić information content (AvgIpc) is 1.88. The molecule has 0 spiro atoms. The Balaban J connectivity index is 2.18. The first-order valence-corrected chi connectivity index (χ1v) is 4.58. The van der Waals surface area contributed by atoms with Gasteiger partial charge in [-0.3, -0.25) is 0 Å². The SMILES string of the molecule is CCC[C@@H]1CCC[C@@H](N)C1. The van der Waals surface area contributed by atoms with Crippen LogP contribution in [0.25, 0.3) is 0 Å². The first-order chi connectivity index (χ1) is 4.83. The monoisotopic (exact) mass is 141 g/mol. The van der Waals surface area contributed by atoms with E-state index in [9.17, 15) is 0 Å². The third-order valence-electron chi connectivity index (χ3n) is 2.52. The molecule has 0 aromatic rings. The minimum absolute atomic E-state index is 0.519. The van der Waals surface area contributed by atoms with E-state index in [0.717, 1.165) is 5.92 Å². The Morgan fingerprint density at radius 1 is 1.40 bits per heavy atom. The molecule has 0 heterocycles. The summed E-state index contributed by atoms with van der Waals surface area (Å²) in [6.07, 6.45) is 8.08. The summed E-state index contributed by atoms with van der Waals surface area (Å²) in [5, 5.41) is 0. The van der Waals surface area contributed by atoms with Crippen LogP contribution in [0.15, 0.2) is 0 Å². The van der Waals surface area contributed by atoms with Crippen molar-refractivity contribution in [1.29, 1.82) is 0 Å². The van der Waals surface area contributed by atoms with Crippen molar-refractivity contribution < 1.29 is 0 Å². The van der Waals surface area contributed by atoms with Crippen molar-refractivity contribution in [3.05, 3.63) is 0 Å². The number of hydrogen-bond acceptors (Lipinski definition) is 1. The van der Waals surface area contributed by atoms with Crippen LogP contribution in [0.5, 0.6) is 0 Å². The van der Waals surface area contributed by atoms with Gasteiger partial charge in [-0.05, 0) is 18.8 Å². The molecular formula is C9H19N. The van der Waals surface area contributed by atoms with Gasteiger partial charge < -0.3 is 5.73 Å². The molecule has 10 heavy (non-hydrogen) atoms. The molecular weight excluding hydrogens is 122 g/mol. The first-order valence-electron chi connectivity index (χ1n) is 4.58.